The van der Waals surface area contributed by atoms with Gasteiger partial charge >= 0.3 is 6.03 Å². The van der Waals surface area contributed by atoms with Crippen LogP contribution in [-0.2, 0) is 0 Å². The third kappa shape index (κ3) is 2.79. The smallest absolute Gasteiger partial charge is 0.321 e. The quantitative estimate of drug-likeness (QED) is 0.788. The van der Waals surface area contributed by atoms with E-state index in [1.807, 2.05) is 25.1 Å². The van der Waals surface area contributed by atoms with Crippen LogP contribution in [0.3, 0.4) is 0 Å². The van der Waals surface area contributed by atoms with Crippen molar-refractivity contribution >= 4 is 33.3 Å². The first kappa shape index (κ1) is 15.9. The molecule has 1 aliphatic heterocycles. The van der Waals surface area contributed by atoms with Crippen LogP contribution >= 0.6 is 11.3 Å². The molecular weight excluding hydrogens is 318 g/mol. The number of amides is 2. The molecule has 2 fully saturated rings. The Morgan fingerprint density at radius 1 is 1.33 bits per heavy atom. The van der Waals surface area contributed by atoms with Gasteiger partial charge in [0, 0.05) is 18.3 Å². The van der Waals surface area contributed by atoms with Crippen LogP contribution in [0, 0.1) is 17.8 Å². The zero-order valence-corrected chi connectivity index (χ0v) is 15.7. The molecule has 4 nitrogen and oxygen atoms in total. The molecule has 1 saturated heterocycles. The van der Waals surface area contributed by atoms with E-state index in [-0.39, 0.29) is 11.4 Å². The molecule has 1 aromatic carbocycles. The number of fused-ring (bicyclic) bond motifs is 3. The van der Waals surface area contributed by atoms with Gasteiger partial charge in [0.1, 0.15) is 0 Å². The number of nitrogens with one attached hydrogen (secondary N) is 1. The van der Waals surface area contributed by atoms with Crippen LogP contribution < -0.4 is 5.32 Å². The summed E-state index contributed by atoms with van der Waals surface area (Å²) in [7, 11) is 0. The highest BCUT2D eigenvalue weighted by Gasteiger charge is 2.50. The van der Waals surface area contributed by atoms with Gasteiger partial charge in [-0.2, -0.15) is 0 Å². The highest BCUT2D eigenvalue weighted by molar-refractivity contribution is 7.18. The molecule has 1 aliphatic carbocycles. The van der Waals surface area contributed by atoms with E-state index in [9.17, 15) is 4.79 Å². The number of aromatic nitrogens is 1. The number of carbonyl (C=O) groups excluding carboxylic acids is 1. The Kier molecular flexibility index (Phi) is 3.43. The van der Waals surface area contributed by atoms with Crippen molar-refractivity contribution < 1.29 is 4.79 Å². The number of urea groups is 1. The van der Waals surface area contributed by atoms with Gasteiger partial charge in [-0.25, -0.2) is 9.78 Å². The van der Waals surface area contributed by atoms with E-state index in [4.69, 9.17) is 0 Å². The summed E-state index contributed by atoms with van der Waals surface area (Å²) in [6.07, 6.45) is 3.44. The number of carbonyl (C=O) groups is 1. The Hall–Kier alpha value is -1.62. The van der Waals surface area contributed by atoms with E-state index in [0.717, 1.165) is 40.3 Å². The molecule has 0 spiro atoms. The Morgan fingerprint density at radius 2 is 2.12 bits per heavy atom. The van der Waals surface area contributed by atoms with Crippen LogP contribution in [0.15, 0.2) is 18.2 Å². The van der Waals surface area contributed by atoms with Gasteiger partial charge in [0.2, 0.25) is 0 Å². The average Bonchev–Trinajstić information content (AvgIpc) is 2.93. The summed E-state index contributed by atoms with van der Waals surface area (Å²) in [5.74, 6) is 0. The molecule has 2 bridgehead atoms. The van der Waals surface area contributed by atoms with E-state index in [2.05, 4.69) is 36.0 Å². The minimum Gasteiger partial charge on any atom is -0.321 e. The molecule has 1 N–H and O–H groups in total. The lowest BCUT2D eigenvalue weighted by molar-refractivity contribution is 0.130. The zero-order chi connectivity index (χ0) is 17.1. The Bertz CT molecular complexity index is 812. The summed E-state index contributed by atoms with van der Waals surface area (Å²) in [6, 6.07) is 6.38. The van der Waals surface area contributed by atoms with Crippen LogP contribution in [0.5, 0.6) is 0 Å². The summed E-state index contributed by atoms with van der Waals surface area (Å²) < 4.78 is 1.12. The van der Waals surface area contributed by atoms with Crippen LogP contribution in [0.25, 0.3) is 10.2 Å². The van der Waals surface area contributed by atoms with Gasteiger partial charge in [-0.15, -0.1) is 11.3 Å². The van der Waals surface area contributed by atoms with Crippen molar-refractivity contribution in [1.29, 1.82) is 0 Å². The monoisotopic (exact) mass is 343 g/mol. The highest BCUT2D eigenvalue weighted by atomic mass is 32.1. The molecular formula is C19H25N3OS. The number of rotatable bonds is 1. The van der Waals surface area contributed by atoms with Crippen molar-refractivity contribution in [3.63, 3.8) is 0 Å². The third-order valence-electron chi connectivity index (χ3n) is 5.42. The number of anilines is 1. The standard InChI is InChI=1S/C19H25N3OS/c1-12-20-15-6-5-13(7-16(15)24-12)21-17(23)22-11-19(4)9-14(22)8-18(2,3)10-19/h5-7,14H,8-11H2,1-4H3,(H,21,23)/t14-,19+/m0/s1. The van der Waals surface area contributed by atoms with Gasteiger partial charge in [-0.05, 0) is 55.2 Å². The minimum absolute atomic E-state index is 0.0435. The van der Waals surface area contributed by atoms with Crippen LogP contribution in [0.2, 0.25) is 0 Å². The van der Waals surface area contributed by atoms with Crippen molar-refractivity contribution in [2.45, 2.75) is 53.0 Å². The Morgan fingerprint density at radius 3 is 2.92 bits per heavy atom. The second kappa shape index (κ2) is 5.19. The van der Waals surface area contributed by atoms with Gasteiger partial charge in [0.25, 0.3) is 0 Å². The van der Waals surface area contributed by atoms with Gasteiger partial charge in [-0.3, -0.25) is 0 Å². The maximum atomic E-state index is 12.9. The Balaban J connectivity index is 1.53. The minimum atomic E-state index is 0.0435. The second-order valence-corrected chi connectivity index (χ2v) is 9.92. The lowest BCUT2D eigenvalue weighted by atomic mass is 9.65. The molecule has 24 heavy (non-hydrogen) atoms. The molecule has 0 unspecified atom stereocenters. The maximum absolute atomic E-state index is 12.9. The van der Waals surface area contributed by atoms with Crippen LogP contribution in [-0.4, -0.2) is 28.5 Å². The van der Waals surface area contributed by atoms with E-state index < -0.39 is 0 Å². The number of likely N-dealkylation sites (tertiary alicyclic amines) is 1. The largest absolute Gasteiger partial charge is 0.322 e. The van der Waals surface area contributed by atoms with Crippen molar-refractivity contribution in [3.8, 4) is 0 Å². The molecule has 1 saturated carbocycles. The molecule has 2 aromatic rings. The fraction of sp³-hybridized carbons (Fsp3) is 0.579. The van der Waals surface area contributed by atoms with E-state index in [1.54, 1.807) is 11.3 Å². The molecule has 128 valence electrons. The summed E-state index contributed by atoms with van der Waals surface area (Å²) in [4.78, 5) is 19.4. The molecule has 2 atom stereocenters. The predicted octanol–water partition coefficient (Wildman–Crippen LogP) is 5.04. The topological polar surface area (TPSA) is 45.2 Å². The normalized spacial score (nSPS) is 28.3. The van der Waals surface area contributed by atoms with Gasteiger partial charge < -0.3 is 10.2 Å². The SMILES string of the molecule is Cc1nc2ccc(NC(=O)N3C[C@]4(C)C[C@@H]3CC(C)(C)C4)cc2s1. The summed E-state index contributed by atoms with van der Waals surface area (Å²) in [6.45, 7) is 9.88. The number of nitrogens with zero attached hydrogens (tertiary/aromatic N) is 2. The van der Waals surface area contributed by atoms with E-state index >= 15 is 0 Å². The van der Waals surface area contributed by atoms with Crippen molar-refractivity contribution in [1.82, 2.24) is 9.88 Å². The lowest BCUT2D eigenvalue weighted by Crippen LogP contribution is -2.40. The van der Waals surface area contributed by atoms with Gasteiger partial charge in [0.05, 0.1) is 15.2 Å². The molecule has 0 radical (unpaired) electrons. The third-order valence-corrected chi connectivity index (χ3v) is 6.36. The fourth-order valence-electron chi connectivity index (χ4n) is 5.01. The number of aryl methyl sites for hydroxylation is 1. The first-order valence-corrected chi connectivity index (χ1v) is 9.50. The summed E-state index contributed by atoms with van der Waals surface area (Å²) in [5.41, 5.74) is 2.46. The zero-order valence-electron chi connectivity index (χ0n) is 14.8. The summed E-state index contributed by atoms with van der Waals surface area (Å²) >= 11 is 1.66. The first-order valence-electron chi connectivity index (χ1n) is 8.68. The number of hydrogen-bond donors (Lipinski definition) is 1. The van der Waals surface area contributed by atoms with Crippen LogP contribution in [0.4, 0.5) is 10.5 Å². The van der Waals surface area contributed by atoms with Crippen molar-refractivity contribution in [2.75, 3.05) is 11.9 Å². The summed E-state index contributed by atoms with van der Waals surface area (Å²) in [5, 5.41) is 4.16. The van der Waals surface area contributed by atoms with Crippen molar-refractivity contribution in [3.05, 3.63) is 23.2 Å². The molecule has 1 aromatic heterocycles. The molecule has 5 heteroatoms. The van der Waals surface area contributed by atoms with Gasteiger partial charge in [-0.1, -0.05) is 20.8 Å². The van der Waals surface area contributed by atoms with E-state index in [1.165, 1.54) is 6.42 Å². The Labute approximate surface area is 147 Å². The molecule has 2 amide bonds. The highest BCUT2D eigenvalue weighted by Crippen LogP contribution is 2.52. The van der Waals surface area contributed by atoms with E-state index in [0.29, 0.717) is 11.5 Å². The van der Waals surface area contributed by atoms with Crippen molar-refractivity contribution in [2.24, 2.45) is 10.8 Å². The average molecular weight is 343 g/mol. The fourth-order valence-corrected chi connectivity index (χ4v) is 5.88. The molecule has 4 rings (SSSR count). The maximum Gasteiger partial charge on any atom is 0.322 e. The number of benzene rings is 1. The molecule has 2 aliphatic rings. The van der Waals surface area contributed by atoms with Crippen LogP contribution in [0.1, 0.15) is 45.0 Å². The number of hydrogen-bond acceptors (Lipinski definition) is 3. The first-order chi connectivity index (χ1) is 11.2. The second-order valence-electron chi connectivity index (χ2n) is 8.69. The predicted molar refractivity (Wildman–Crippen MR) is 99.6 cm³/mol. The lowest BCUT2D eigenvalue weighted by Gasteiger charge is -2.39. The van der Waals surface area contributed by atoms with Gasteiger partial charge in [0.15, 0.2) is 0 Å². The number of thiazole rings is 1. The molecule has 2 heterocycles.